The molecule has 0 spiro atoms. The zero-order valence-corrected chi connectivity index (χ0v) is 10.7. The van der Waals surface area contributed by atoms with Crippen molar-refractivity contribution in [3.8, 4) is 0 Å². The van der Waals surface area contributed by atoms with Gasteiger partial charge in [-0.25, -0.2) is 0 Å². The summed E-state index contributed by atoms with van der Waals surface area (Å²) in [6.45, 7) is 14.9. The first-order valence-electron chi connectivity index (χ1n) is 6.36. The molecule has 0 heteroatoms. The molecular weight excluding hydrogens is 168 g/mol. The summed E-state index contributed by atoms with van der Waals surface area (Å²) in [7, 11) is 0. The molecule has 0 amide bonds. The second-order valence-corrected chi connectivity index (χ2v) is 6.82. The van der Waals surface area contributed by atoms with Crippen LogP contribution in [0.4, 0.5) is 0 Å². The molecular formula is C14H26. The molecule has 0 aromatic heterocycles. The predicted molar refractivity (Wildman–Crippen MR) is 62.0 cm³/mol. The van der Waals surface area contributed by atoms with Crippen LogP contribution in [0.15, 0.2) is 0 Å². The molecule has 0 saturated heterocycles. The van der Waals surface area contributed by atoms with Crippen LogP contribution in [0.3, 0.4) is 0 Å². The summed E-state index contributed by atoms with van der Waals surface area (Å²) >= 11 is 0. The Morgan fingerprint density at radius 2 is 1.29 bits per heavy atom. The molecule has 6 atom stereocenters. The molecule has 0 radical (unpaired) electrons. The Labute approximate surface area is 89.5 Å². The van der Waals surface area contributed by atoms with Gasteiger partial charge in [0, 0.05) is 0 Å². The molecule has 0 aromatic rings. The quantitative estimate of drug-likeness (QED) is 0.542. The highest BCUT2D eigenvalue weighted by Crippen LogP contribution is 2.63. The lowest BCUT2D eigenvalue weighted by Crippen LogP contribution is -2.56. The molecule has 2 aliphatic rings. The van der Waals surface area contributed by atoms with E-state index in [9.17, 15) is 0 Å². The third kappa shape index (κ3) is 1.19. The fourth-order valence-electron chi connectivity index (χ4n) is 4.58. The lowest BCUT2D eigenvalue weighted by atomic mass is 9.42. The topological polar surface area (TPSA) is 0 Å². The van der Waals surface area contributed by atoms with Crippen molar-refractivity contribution in [3.05, 3.63) is 0 Å². The Hall–Kier alpha value is 0. The zero-order chi connectivity index (χ0) is 10.7. The lowest BCUT2D eigenvalue weighted by molar-refractivity contribution is -0.144. The van der Waals surface area contributed by atoms with Crippen LogP contribution in [-0.2, 0) is 0 Å². The summed E-state index contributed by atoms with van der Waals surface area (Å²) in [5, 5.41) is 0. The van der Waals surface area contributed by atoms with Crippen molar-refractivity contribution in [1.29, 1.82) is 0 Å². The van der Waals surface area contributed by atoms with Crippen LogP contribution < -0.4 is 0 Å². The van der Waals surface area contributed by atoms with E-state index in [-0.39, 0.29) is 0 Å². The maximum absolute atomic E-state index is 2.49. The fourth-order valence-corrected chi connectivity index (χ4v) is 4.58. The molecule has 82 valence electrons. The first-order valence-corrected chi connectivity index (χ1v) is 6.36. The van der Waals surface area contributed by atoms with Gasteiger partial charge >= 0.3 is 0 Å². The van der Waals surface area contributed by atoms with Crippen LogP contribution in [0.5, 0.6) is 0 Å². The van der Waals surface area contributed by atoms with E-state index in [0.29, 0.717) is 5.41 Å². The largest absolute Gasteiger partial charge is 0.0620 e. The minimum atomic E-state index is 0.632. The van der Waals surface area contributed by atoms with E-state index >= 15 is 0 Å². The number of hydrogen-bond donors (Lipinski definition) is 0. The van der Waals surface area contributed by atoms with Gasteiger partial charge in [0.05, 0.1) is 0 Å². The molecule has 0 N–H and O–H groups in total. The van der Waals surface area contributed by atoms with Gasteiger partial charge in [-0.3, -0.25) is 0 Å². The summed E-state index contributed by atoms with van der Waals surface area (Å²) in [6.07, 6.45) is 1.47. The van der Waals surface area contributed by atoms with E-state index < -0.39 is 0 Å². The van der Waals surface area contributed by atoms with Crippen LogP contribution in [0.2, 0.25) is 0 Å². The third-order valence-electron chi connectivity index (χ3n) is 5.86. The summed E-state index contributed by atoms with van der Waals surface area (Å²) in [5.74, 6) is 5.79. The highest BCUT2D eigenvalue weighted by Gasteiger charge is 2.56. The van der Waals surface area contributed by atoms with Gasteiger partial charge < -0.3 is 0 Å². The van der Waals surface area contributed by atoms with Gasteiger partial charge in [0.25, 0.3) is 0 Å². The standard InChI is InChI=1S/C14H26/c1-8-9(2)11(4)13-12(10(8)3)7-14(13,5)6/h8-13H,7H2,1-6H3. The number of hydrogen-bond acceptors (Lipinski definition) is 0. The van der Waals surface area contributed by atoms with Gasteiger partial charge in [0.1, 0.15) is 0 Å². The van der Waals surface area contributed by atoms with Crippen molar-refractivity contribution in [1.82, 2.24) is 0 Å². The fraction of sp³-hybridized carbons (Fsp3) is 1.00. The monoisotopic (exact) mass is 194 g/mol. The molecule has 2 rings (SSSR count). The minimum Gasteiger partial charge on any atom is -0.0620 e. The molecule has 2 saturated carbocycles. The normalized spacial score (nSPS) is 56.1. The van der Waals surface area contributed by atoms with Crippen LogP contribution in [0.1, 0.15) is 48.0 Å². The third-order valence-corrected chi connectivity index (χ3v) is 5.86. The molecule has 14 heavy (non-hydrogen) atoms. The highest BCUT2D eigenvalue weighted by atomic mass is 14.6. The van der Waals surface area contributed by atoms with Crippen molar-refractivity contribution in [3.63, 3.8) is 0 Å². The number of fused-ring (bicyclic) bond motifs is 1. The molecule has 2 aliphatic carbocycles. The van der Waals surface area contributed by atoms with Gasteiger partial charge in [-0.05, 0) is 47.3 Å². The molecule has 0 nitrogen and oxygen atoms in total. The first kappa shape index (κ1) is 10.5. The summed E-state index contributed by atoms with van der Waals surface area (Å²) < 4.78 is 0. The second kappa shape index (κ2) is 3.00. The smallest absolute Gasteiger partial charge is 0.0303 e. The van der Waals surface area contributed by atoms with Crippen LogP contribution in [0, 0.1) is 40.9 Å². The van der Waals surface area contributed by atoms with Crippen molar-refractivity contribution in [2.75, 3.05) is 0 Å². The number of rotatable bonds is 0. The average Bonchev–Trinajstić information content (AvgIpc) is 2.09. The molecule has 0 aromatic carbocycles. The summed E-state index contributed by atoms with van der Waals surface area (Å²) in [4.78, 5) is 0. The van der Waals surface area contributed by atoms with Gasteiger partial charge in [-0.1, -0.05) is 41.5 Å². The van der Waals surface area contributed by atoms with E-state index in [2.05, 4.69) is 41.5 Å². The van der Waals surface area contributed by atoms with Gasteiger partial charge in [-0.15, -0.1) is 0 Å². The van der Waals surface area contributed by atoms with E-state index in [0.717, 1.165) is 35.5 Å². The average molecular weight is 194 g/mol. The lowest BCUT2D eigenvalue weighted by Gasteiger charge is -2.63. The van der Waals surface area contributed by atoms with Crippen LogP contribution in [0.25, 0.3) is 0 Å². The summed E-state index contributed by atoms with van der Waals surface area (Å²) in [5.41, 5.74) is 0.632. The molecule has 0 heterocycles. The van der Waals surface area contributed by atoms with Gasteiger partial charge in [0.15, 0.2) is 0 Å². The first-order chi connectivity index (χ1) is 6.36. The minimum absolute atomic E-state index is 0.632. The highest BCUT2D eigenvalue weighted by molar-refractivity contribution is 5.05. The van der Waals surface area contributed by atoms with E-state index in [1.807, 2.05) is 0 Å². The Balaban J connectivity index is 2.21. The molecule has 0 aliphatic heterocycles. The van der Waals surface area contributed by atoms with Crippen LogP contribution in [-0.4, -0.2) is 0 Å². The second-order valence-electron chi connectivity index (χ2n) is 6.82. The summed E-state index contributed by atoms with van der Waals surface area (Å²) in [6, 6.07) is 0. The predicted octanol–water partition coefficient (Wildman–Crippen LogP) is 4.21. The Morgan fingerprint density at radius 3 is 1.79 bits per heavy atom. The zero-order valence-electron chi connectivity index (χ0n) is 10.7. The maximum Gasteiger partial charge on any atom is -0.0303 e. The molecule has 0 bridgehead atoms. The van der Waals surface area contributed by atoms with Crippen molar-refractivity contribution in [2.45, 2.75) is 48.0 Å². The molecule has 6 unspecified atom stereocenters. The van der Waals surface area contributed by atoms with Crippen molar-refractivity contribution >= 4 is 0 Å². The van der Waals surface area contributed by atoms with Gasteiger partial charge in [0.2, 0.25) is 0 Å². The van der Waals surface area contributed by atoms with Crippen LogP contribution >= 0.6 is 0 Å². The van der Waals surface area contributed by atoms with E-state index in [1.165, 1.54) is 6.42 Å². The molecule has 2 fully saturated rings. The Kier molecular flexibility index (Phi) is 2.25. The maximum atomic E-state index is 2.49. The SMILES string of the molecule is CC1C(C)C(C)C2C(CC2(C)C)C1C. The van der Waals surface area contributed by atoms with E-state index in [4.69, 9.17) is 0 Å². The Morgan fingerprint density at radius 1 is 0.786 bits per heavy atom. The Bertz CT molecular complexity index is 216. The van der Waals surface area contributed by atoms with Crippen molar-refractivity contribution < 1.29 is 0 Å². The van der Waals surface area contributed by atoms with Gasteiger partial charge in [-0.2, -0.15) is 0 Å². The van der Waals surface area contributed by atoms with E-state index in [1.54, 1.807) is 0 Å². The van der Waals surface area contributed by atoms with Crippen molar-refractivity contribution in [2.24, 2.45) is 40.9 Å².